The highest BCUT2D eigenvalue weighted by Crippen LogP contribution is 2.20. The second kappa shape index (κ2) is 6.41. The second-order valence-electron chi connectivity index (χ2n) is 4.82. The topological polar surface area (TPSA) is 21.3 Å². The van der Waals surface area contributed by atoms with Gasteiger partial charge >= 0.3 is 0 Å². The average molecular weight is 199 g/mol. The van der Waals surface area contributed by atoms with Gasteiger partial charge in [-0.05, 0) is 25.3 Å². The van der Waals surface area contributed by atoms with Crippen LogP contribution in [0, 0.1) is 5.92 Å². The Labute approximate surface area is 88.4 Å². The summed E-state index contributed by atoms with van der Waals surface area (Å²) in [6.45, 7) is 5.63. The van der Waals surface area contributed by atoms with Crippen LogP contribution in [0.15, 0.2) is 0 Å². The molecule has 0 bridgehead atoms. The second-order valence-corrected chi connectivity index (χ2v) is 4.82. The molecule has 0 amide bonds. The molecule has 1 aliphatic rings. The molecule has 0 aliphatic heterocycles. The quantitative estimate of drug-likeness (QED) is 0.703. The van der Waals surface area contributed by atoms with Crippen LogP contribution in [0.2, 0.25) is 0 Å². The molecule has 0 heterocycles. The third kappa shape index (κ3) is 3.97. The van der Waals surface area contributed by atoms with Gasteiger partial charge in [0.25, 0.3) is 0 Å². The number of nitrogens with one attached hydrogen (secondary N) is 1. The summed E-state index contributed by atoms with van der Waals surface area (Å²) in [5.41, 5.74) is 0. The van der Waals surface area contributed by atoms with Crippen molar-refractivity contribution in [3.8, 4) is 0 Å². The van der Waals surface area contributed by atoms with E-state index < -0.39 is 0 Å². The summed E-state index contributed by atoms with van der Waals surface area (Å²) in [6.07, 6.45) is 7.02. The van der Waals surface area contributed by atoms with Crippen LogP contribution in [0.25, 0.3) is 0 Å². The van der Waals surface area contributed by atoms with Gasteiger partial charge < -0.3 is 10.1 Å². The zero-order valence-corrected chi connectivity index (χ0v) is 9.88. The van der Waals surface area contributed by atoms with Crippen LogP contribution in [0.4, 0.5) is 0 Å². The molecular weight excluding hydrogens is 174 g/mol. The molecule has 2 unspecified atom stereocenters. The van der Waals surface area contributed by atoms with Crippen LogP contribution in [-0.2, 0) is 4.74 Å². The molecule has 0 radical (unpaired) electrons. The van der Waals surface area contributed by atoms with Crippen molar-refractivity contribution < 1.29 is 4.74 Å². The molecule has 1 N–H and O–H groups in total. The Morgan fingerprint density at radius 3 is 2.57 bits per heavy atom. The third-order valence-electron chi connectivity index (χ3n) is 3.04. The molecule has 1 saturated carbocycles. The highest BCUT2D eigenvalue weighted by Gasteiger charge is 2.22. The summed E-state index contributed by atoms with van der Waals surface area (Å²) in [5.74, 6) is 0.732. The smallest absolute Gasteiger partial charge is 0.0724 e. The van der Waals surface area contributed by atoms with Crippen molar-refractivity contribution in [1.29, 1.82) is 0 Å². The summed E-state index contributed by atoms with van der Waals surface area (Å²) in [6, 6.07) is 0.588. The predicted molar refractivity (Wildman–Crippen MR) is 60.5 cm³/mol. The van der Waals surface area contributed by atoms with Crippen LogP contribution in [0.1, 0.15) is 46.0 Å². The van der Waals surface area contributed by atoms with Crippen LogP contribution >= 0.6 is 0 Å². The maximum atomic E-state index is 5.55. The Kier molecular flexibility index (Phi) is 5.49. The number of hydrogen-bond acceptors (Lipinski definition) is 2. The van der Waals surface area contributed by atoms with Crippen molar-refractivity contribution >= 4 is 0 Å². The lowest BCUT2D eigenvalue weighted by atomic mass is 10.1. The zero-order valence-electron chi connectivity index (χ0n) is 9.88. The lowest BCUT2D eigenvalue weighted by Gasteiger charge is -2.25. The lowest BCUT2D eigenvalue weighted by Crippen LogP contribution is -2.41. The molecule has 0 aromatic heterocycles. The van der Waals surface area contributed by atoms with E-state index >= 15 is 0 Å². The molecule has 0 saturated heterocycles. The normalized spacial score (nSPS) is 29.1. The van der Waals surface area contributed by atoms with Crippen molar-refractivity contribution in [1.82, 2.24) is 5.32 Å². The number of hydrogen-bond donors (Lipinski definition) is 1. The molecule has 84 valence electrons. The van der Waals surface area contributed by atoms with Crippen molar-refractivity contribution in [3.05, 3.63) is 0 Å². The van der Waals surface area contributed by atoms with Gasteiger partial charge in [-0.1, -0.05) is 33.1 Å². The summed E-state index contributed by atoms with van der Waals surface area (Å²) in [4.78, 5) is 0. The molecule has 1 rings (SSSR count). The van der Waals surface area contributed by atoms with Crippen molar-refractivity contribution in [2.24, 2.45) is 5.92 Å². The first kappa shape index (κ1) is 12.0. The molecule has 1 aliphatic carbocycles. The lowest BCUT2D eigenvalue weighted by molar-refractivity contribution is 0.0622. The first-order chi connectivity index (χ1) is 6.74. The van der Waals surface area contributed by atoms with E-state index in [9.17, 15) is 0 Å². The molecule has 0 aromatic carbocycles. The third-order valence-corrected chi connectivity index (χ3v) is 3.04. The average Bonchev–Trinajstić information content (AvgIpc) is 2.38. The minimum atomic E-state index is 0.441. The van der Waals surface area contributed by atoms with Gasteiger partial charge in [0.05, 0.1) is 6.10 Å². The van der Waals surface area contributed by atoms with Crippen molar-refractivity contribution in [2.45, 2.75) is 58.1 Å². The molecule has 2 atom stereocenters. The van der Waals surface area contributed by atoms with Crippen LogP contribution < -0.4 is 5.32 Å². The van der Waals surface area contributed by atoms with E-state index in [1.165, 1.54) is 32.1 Å². The van der Waals surface area contributed by atoms with Gasteiger partial charge in [0.1, 0.15) is 0 Å². The Morgan fingerprint density at radius 2 is 1.93 bits per heavy atom. The van der Waals surface area contributed by atoms with E-state index in [1.54, 1.807) is 0 Å². The molecule has 1 fully saturated rings. The van der Waals surface area contributed by atoms with E-state index in [0.29, 0.717) is 12.1 Å². The van der Waals surface area contributed by atoms with Gasteiger partial charge in [-0.3, -0.25) is 0 Å². The van der Waals surface area contributed by atoms with E-state index in [0.717, 1.165) is 12.5 Å². The first-order valence-corrected chi connectivity index (χ1v) is 6.00. The fourth-order valence-electron chi connectivity index (χ4n) is 2.18. The minimum Gasteiger partial charge on any atom is -0.380 e. The van der Waals surface area contributed by atoms with Crippen LogP contribution in [-0.4, -0.2) is 25.8 Å². The molecular formula is C12H25NO. The van der Waals surface area contributed by atoms with Crippen LogP contribution in [0.3, 0.4) is 0 Å². The van der Waals surface area contributed by atoms with E-state index in [4.69, 9.17) is 4.74 Å². The predicted octanol–water partition coefficient (Wildman–Crippen LogP) is 2.58. The molecule has 0 spiro atoms. The molecule has 2 nitrogen and oxygen atoms in total. The number of ether oxygens (including phenoxy) is 1. The number of methoxy groups -OCH3 is 1. The number of rotatable bonds is 4. The van der Waals surface area contributed by atoms with Gasteiger partial charge in [-0.15, -0.1) is 0 Å². The van der Waals surface area contributed by atoms with Gasteiger partial charge in [0.15, 0.2) is 0 Å². The fraction of sp³-hybridized carbons (Fsp3) is 1.00. The van der Waals surface area contributed by atoms with E-state index in [2.05, 4.69) is 19.2 Å². The Hall–Kier alpha value is -0.0800. The maximum Gasteiger partial charge on any atom is 0.0724 e. The monoisotopic (exact) mass is 199 g/mol. The summed E-state index contributed by atoms with van der Waals surface area (Å²) >= 11 is 0. The summed E-state index contributed by atoms with van der Waals surface area (Å²) in [7, 11) is 1.85. The van der Waals surface area contributed by atoms with Crippen molar-refractivity contribution in [3.63, 3.8) is 0 Å². The minimum absolute atomic E-state index is 0.441. The standard InChI is InChI=1S/C12H25NO/c1-10(2)9-13-11-7-5-4-6-8-12(11)14-3/h10-13H,4-9H2,1-3H3. The Morgan fingerprint density at radius 1 is 1.21 bits per heavy atom. The summed E-state index contributed by atoms with van der Waals surface area (Å²) in [5, 5.41) is 3.64. The van der Waals surface area contributed by atoms with Gasteiger partial charge in [-0.2, -0.15) is 0 Å². The Balaban J connectivity index is 2.36. The maximum absolute atomic E-state index is 5.55. The first-order valence-electron chi connectivity index (χ1n) is 6.00. The van der Waals surface area contributed by atoms with E-state index in [1.807, 2.05) is 7.11 Å². The summed E-state index contributed by atoms with van der Waals surface area (Å²) < 4.78 is 5.55. The molecule has 14 heavy (non-hydrogen) atoms. The zero-order chi connectivity index (χ0) is 10.4. The largest absolute Gasteiger partial charge is 0.380 e. The highest BCUT2D eigenvalue weighted by molar-refractivity contribution is 4.80. The molecule has 2 heteroatoms. The van der Waals surface area contributed by atoms with Gasteiger partial charge in [0, 0.05) is 13.2 Å². The SMILES string of the molecule is COC1CCCCCC1NCC(C)C. The van der Waals surface area contributed by atoms with Crippen molar-refractivity contribution in [2.75, 3.05) is 13.7 Å². The molecule has 0 aromatic rings. The van der Waals surface area contributed by atoms with E-state index in [-0.39, 0.29) is 0 Å². The Bertz CT molecular complexity index is 147. The fourth-order valence-corrected chi connectivity index (χ4v) is 2.18. The highest BCUT2D eigenvalue weighted by atomic mass is 16.5. The van der Waals surface area contributed by atoms with Gasteiger partial charge in [-0.25, -0.2) is 0 Å². The van der Waals surface area contributed by atoms with Gasteiger partial charge in [0.2, 0.25) is 0 Å². The van der Waals surface area contributed by atoms with Crippen LogP contribution in [0.5, 0.6) is 0 Å².